The number of aldehydes is 1. The monoisotopic (exact) mass is 232 g/mol. The molecule has 80 valence electrons. The molecule has 3 heterocycles. The molecule has 0 aromatic carbocycles. The number of furan rings is 1. The Bertz CT molecular complexity index is 662. The summed E-state index contributed by atoms with van der Waals surface area (Å²) >= 11 is 1.49. The second-order valence-corrected chi connectivity index (χ2v) is 4.30. The molecule has 3 aromatic rings. The summed E-state index contributed by atoms with van der Waals surface area (Å²) in [5.74, 6) is 1.44. The largest absolute Gasteiger partial charge is 0.460 e. The summed E-state index contributed by atoms with van der Waals surface area (Å²) in [4.78, 5) is 16.3. The van der Waals surface area contributed by atoms with Crippen LogP contribution in [0.3, 0.4) is 0 Å². The average molecular weight is 232 g/mol. The lowest BCUT2D eigenvalue weighted by Crippen LogP contribution is -1.88. The Hall–Kier alpha value is -1.88. The number of aromatic nitrogens is 2. The van der Waals surface area contributed by atoms with Crippen molar-refractivity contribution >= 4 is 22.6 Å². The van der Waals surface area contributed by atoms with Gasteiger partial charge in [0.15, 0.2) is 17.0 Å². The summed E-state index contributed by atoms with van der Waals surface area (Å²) < 4.78 is 7.25. The molecular weight excluding hydrogens is 224 g/mol. The standard InChI is InChI=1S/C11H8N2O2S/c1-7-2-3-9(15-7)10-8(6-14)13-4-5-16-11(13)12-10/h2-6H,1H3. The number of hydrogen-bond acceptors (Lipinski definition) is 4. The van der Waals surface area contributed by atoms with Crippen LogP contribution in [0.5, 0.6) is 0 Å². The number of rotatable bonds is 2. The van der Waals surface area contributed by atoms with Gasteiger partial charge in [0.2, 0.25) is 0 Å². The highest BCUT2D eigenvalue weighted by atomic mass is 32.1. The van der Waals surface area contributed by atoms with Crippen molar-refractivity contribution in [3.05, 3.63) is 35.2 Å². The van der Waals surface area contributed by atoms with Crippen molar-refractivity contribution in [3.8, 4) is 11.5 Å². The third-order valence-electron chi connectivity index (χ3n) is 2.38. The lowest BCUT2D eigenvalue weighted by molar-refractivity contribution is 0.111. The van der Waals surface area contributed by atoms with Crippen molar-refractivity contribution in [3.63, 3.8) is 0 Å². The molecule has 0 bridgehead atoms. The first-order valence-electron chi connectivity index (χ1n) is 4.77. The Morgan fingerprint density at radius 3 is 3.06 bits per heavy atom. The van der Waals surface area contributed by atoms with Gasteiger partial charge in [0, 0.05) is 11.6 Å². The minimum absolute atomic E-state index is 0.533. The highest BCUT2D eigenvalue weighted by Crippen LogP contribution is 2.26. The number of hydrogen-bond donors (Lipinski definition) is 0. The van der Waals surface area contributed by atoms with Gasteiger partial charge in [-0.05, 0) is 19.1 Å². The second kappa shape index (κ2) is 3.31. The zero-order valence-corrected chi connectivity index (χ0v) is 9.32. The zero-order valence-electron chi connectivity index (χ0n) is 8.51. The molecule has 0 saturated carbocycles. The number of carbonyl (C=O) groups excluding carboxylic acids is 1. The fraction of sp³-hybridized carbons (Fsp3) is 0.0909. The van der Waals surface area contributed by atoms with Gasteiger partial charge in [0.1, 0.15) is 17.1 Å². The van der Waals surface area contributed by atoms with Crippen LogP contribution >= 0.6 is 11.3 Å². The van der Waals surface area contributed by atoms with E-state index in [9.17, 15) is 4.79 Å². The minimum Gasteiger partial charge on any atom is -0.460 e. The molecule has 4 nitrogen and oxygen atoms in total. The van der Waals surface area contributed by atoms with Gasteiger partial charge in [-0.1, -0.05) is 0 Å². The van der Waals surface area contributed by atoms with Gasteiger partial charge in [0.25, 0.3) is 0 Å². The number of imidazole rings is 1. The van der Waals surface area contributed by atoms with E-state index >= 15 is 0 Å². The Labute approximate surface area is 95.2 Å². The maximum Gasteiger partial charge on any atom is 0.194 e. The lowest BCUT2D eigenvalue weighted by atomic mass is 10.3. The van der Waals surface area contributed by atoms with E-state index in [0.29, 0.717) is 17.1 Å². The van der Waals surface area contributed by atoms with E-state index < -0.39 is 0 Å². The number of carbonyl (C=O) groups is 1. The van der Waals surface area contributed by atoms with Gasteiger partial charge < -0.3 is 4.42 Å². The first kappa shape index (κ1) is 9.35. The van der Waals surface area contributed by atoms with Crippen molar-refractivity contribution in [2.75, 3.05) is 0 Å². The van der Waals surface area contributed by atoms with Gasteiger partial charge >= 0.3 is 0 Å². The fourth-order valence-corrected chi connectivity index (χ4v) is 2.38. The maximum absolute atomic E-state index is 11.1. The van der Waals surface area contributed by atoms with Crippen molar-refractivity contribution < 1.29 is 9.21 Å². The van der Waals surface area contributed by atoms with Crippen LogP contribution in [-0.2, 0) is 0 Å². The van der Waals surface area contributed by atoms with Crippen LogP contribution in [0.4, 0.5) is 0 Å². The Kier molecular flexibility index (Phi) is 1.94. The highest BCUT2D eigenvalue weighted by molar-refractivity contribution is 7.15. The smallest absolute Gasteiger partial charge is 0.194 e. The topological polar surface area (TPSA) is 47.5 Å². The first-order chi connectivity index (χ1) is 7.79. The lowest BCUT2D eigenvalue weighted by Gasteiger charge is -1.92. The van der Waals surface area contributed by atoms with Crippen molar-refractivity contribution in [1.82, 2.24) is 9.38 Å². The van der Waals surface area contributed by atoms with Crippen LogP contribution in [0, 0.1) is 6.92 Å². The number of aryl methyl sites for hydroxylation is 1. The number of nitrogens with zero attached hydrogens (tertiary/aromatic N) is 2. The van der Waals surface area contributed by atoms with Crippen LogP contribution in [-0.4, -0.2) is 15.7 Å². The molecular formula is C11H8N2O2S. The number of fused-ring (bicyclic) bond motifs is 1. The van der Waals surface area contributed by atoms with E-state index in [4.69, 9.17) is 4.42 Å². The van der Waals surface area contributed by atoms with Crippen LogP contribution in [0.2, 0.25) is 0 Å². The van der Waals surface area contributed by atoms with Crippen LogP contribution in [0.25, 0.3) is 16.4 Å². The van der Waals surface area contributed by atoms with E-state index in [1.54, 1.807) is 4.40 Å². The predicted octanol–water partition coefficient (Wildman–Crippen LogP) is 2.78. The Morgan fingerprint density at radius 2 is 2.38 bits per heavy atom. The van der Waals surface area contributed by atoms with Gasteiger partial charge in [-0.2, -0.15) is 0 Å². The normalized spacial score (nSPS) is 11.1. The summed E-state index contributed by atoms with van der Waals surface area (Å²) in [6, 6.07) is 3.69. The molecule has 5 heteroatoms. The molecule has 0 aliphatic carbocycles. The van der Waals surface area contributed by atoms with Crippen LogP contribution in [0.1, 0.15) is 16.2 Å². The van der Waals surface area contributed by atoms with Crippen LogP contribution in [0.15, 0.2) is 28.1 Å². The van der Waals surface area contributed by atoms with Crippen molar-refractivity contribution in [2.45, 2.75) is 6.92 Å². The first-order valence-corrected chi connectivity index (χ1v) is 5.65. The average Bonchev–Trinajstić information content (AvgIpc) is 2.90. The molecule has 3 rings (SSSR count). The number of thiazole rings is 1. The van der Waals surface area contributed by atoms with Gasteiger partial charge in [-0.3, -0.25) is 9.20 Å². The molecule has 3 aromatic heterocycles. The molecule has 0 aliphatic heterocycles. The van der Waals surface area contributed by atoms with Gasteiger partial charge in [0.05, 0.1) is 0 Å². The molecule has 0 spiro atoms. The van der Waals surface area contributed by atoms with Crippen LogP contribution < -0.4 is 0 Å². The molecule has 0 atom stereocenters. The van der Waals surface area contributed by atoms with E-state index in [-0.39, 0.29) is 0 Å². The summed E-state index contributed by atoms with van der Waals surface area (Å²) in [5.41, 5.74) is 1.14. The summed E-state index contributed by atoms with van der Waals surface area (Å²) in [5, 5.41) is 1.90. The van der Waals surface area contributed by atoms with E-state index in [0.717, 1.165) is 17.0 Å². The molecule has 0 radical (unpaired) electrons. The predicted molar refractivity (Wildman–Crippen MR) is 60.9 cm³/mol. The van der Waals surface area contributed by atoms with E-state index in [1.165, 1.54) is 11.3 Å². The molecule has 0 N–H and O–H groups in total. The van der Waals surface area contributed by atoms with Crippen molar-refractivity contribution in [2.24, 2.45) is 0 Å². The van der Waals surface area contributed by atoms with E-state index in [2.05, 4.69) is 4.98 Å². The SMILES string of the molecule is Cc1ccc(-c2nc3sccn3c2C=O)o1. The van der Waals surface area contributed by atoms with Crippen molar-refractivity contribution in [1.29, 1.82) is 0 Å². The molecule has 0 amide bonds. The zero-order chi connectivity index (χ0) is 11.1. The maximum atomic E-state index is 11.1. The Balaban J connectivity index is 2.30. The third-order valence-corrected chi connectivity index (χ3v) is 3.14. The second-order valence-electron chi connectivity index (χ2n) is 3.43. The summed E-state index contributed by atoms with van der Waals surface area (Å²) in [6.45, 7) is 1.86. The Morgan fingerprint density at radius 1 is 1.50 bits per heavy atom. The quantitative estimate of drug-likeness (QED) is 0.638. The highest BCUT2D eigenvalue weighted by Gasteiger charge is 2.16. The molecule has 16 heavy (non-hydrogen) atoms. The third kappa shape index (κ3) is 1.22. The molecule has 0 fully saturated rings. The van der Waals surface area contributed by atoms with E-state index in [1.807, 2.05) is 30.6 Å². The summed E-state index contributed by atoms with van der Waals surface area (Å²) in [6.07, 6.45) is 2.63. The molecule has 0 unspecified atom stereocenters. The minimum atomic E-state index is 0.533. The van der Waals surface area contributed by atoms with Gasteiger partial charge in [-0.15, -0.1) is 11.3 Å². The van der Waals surface area contributed by atoms with Gasteiger partial charge in [-0.25, -0.2) is 4.98 Å². The summed E-state index contributed by atoms with van der Waals surface area (Å²) in [7, 11) is 0. The molecule has 0 saturated heterocycles. The molecule has 0 aliphatic rings. The fourth-order valence-electron chi connectivity index (χ4n) is 1.66.